The normalized spacial score (nSPS) is 10.4. The number of nitrogens with zero attached hydrogens (tertiary/aromatic N) is 1. The van der Waals surface area contributed by atoms with Crippen molar-refractivity contribution >= 4 is 65.9 Å². The van der Waals surface area contributed by atoms with Gasteiger partial charge in [-0.25, -0.2) is 4.98 Å². The van der Waals surface area contributed by atoms with Crippen molar-refractivity contribution in [2.75, 3.05) is 19.5 Å². The first-order chi connectivity index (χ1) is 12.5. The Morgan fingerprint density at radius 2 is 2.00 bits per heavy atom. The molecule has 0 spiro atoms. The number of hydrogen-bond acceptors (Lipinski definition) is 6. The third-order valence-corrected chi connectivity index (χ3v) is 5.27. The first kappa shape index (κ1) is 18.6. The largest absolute Gasteiger partial charge is 0.497 e. The summed E-state index contributed by atoms with van der Waals surface area (Å²) in [6.45, 7) is 0. The third kappa shape index (κ3) is 3.95. The molecule has 6 nitrogen and oxygen atoms in total. The molecule has 0 aliphatic heterocycles. The molecule has 2 aromatic carbocycles. The van der Waals surface area contributed by atoms with Crippen LogP contribution < -0.4 is 20.1 Å². The topological polar surface area (TPSA) is 72.5 Å². The van der Waals surface area contributed by atoms with Crippen LogP contribution in [0.2, 0.25) is 0 Å². The summed E-state index contributed by atoms with van der Waals surface area (Å²) in [7, 11) is 3.16. The minimum absolute atomic E-state index is 0.163. The monoisotopic (exact) mass is 451 g/mol. The van der Waals surface area contributed by atoms with Gasteiger partial charge in [-0.05, 0) is 46.3 Å². The summed E-state index contributed by atoms with van der Waals surface area (Å²) in [5, 5.41) is 6.29. The minimum atomic E-state index is -0.310. The number of rotatable bonds is 4. The number of amides is 1. The second kappa shape index (κ2) is 7.98. The van der Waals surface area contributed by atoms with Crippen molar-refractivity contribution in [1.29, 1.82) is 0 Å². The van der Waals surface area contributed by atoms with Gasteiger partial charge < -0.3 is 14.8 Å². The number of aromatic nitrogens is 1. The first-order valence-electron chi connectivity index (χ1n) is 7.41. The van der Waals surface area contributed by atoms with Crippen molar-refractivity contribution in [3.8, 4) is 11.5 Å². The van der Waals surface area contributed by atoms with E-state index in [9.17, 15) is 4.79 Å². The van der Waals surface area contributed by atoms with Gasteiger partial charge in [-0.15, -0.1) is 0 Å². The maximum Gasteiger partial charge on any atom is 0.258 e. The number of hydrogen-bond donors (Lipinski definition) is 2. The first-order valence-corrected chi connectivity index (χ1v) is 9.43. The highest BCUT2D eigenvalue weighted by atomic mass is 79.9. The van der Waals surface area contributed by atoms with Crippen molar-refractivity contribution in [2.24, 2.45) is 0 Å². The van der Waals surface area contributed by atoms with Gasteiger partial charge in [0.2, 0.25) is 0 Å². The number of benzene rings is 2. The fraction of sp³-hybridized carbons (Fsp3) is 0.118. The summed E-state index contributed by atoms with van der Waals surface area (Å²) < 4.78 is 12.2. The Morgan fingerprint density at radius 1 is 1.23 bits per heavy atom. The SMILES string of the molecule is COc1cc(OC)c2nc(NC(=S)NC(=O)c3ccccc3Br)sc2c1. The molecule has 1 amide bonds. The fourth-order valence-corrected chi connectivity index (χ4v) is 3.88. The second-order valence-corrected chi connectivity index (χ2v) is 7.38. The molecule has 9 heteroatoms. The molecule has 0 fully saturated rings. The van der Waals surface area contributed by atoms with Gasteiger partial charge in [0.1, 0.15) is 17.0 Å². The van der Waals surface area contributed by atoms with E-state index in [0.29, 0.717) is 32.2 Å². The van der Waals surface area contributed by atoms with Gasteiger partial charge in [-0.3, -0.25) is 10.1 Å². The number of thiocarbonyl (C=S) groups is 1. The molecular formula is C17H14BrN3O3S2. The van der Waals surface area contributed by atoms with Gasteiger partial charge in [0.25, 0.3) is 5.91 Å². The lowest BCUT2D eigenvalue weighted by atomic mass is 10.2. The van der Waals surface area contributed by atoms with Gasteiger partial charge in [0.05, 0.1) is 24.5 Å². The minimum Gasteiger partial charge on any atom is -0.497 e. The molecule has 3 aromatic rings. The van der Waals surface area contributed by atoms with Crippen LogP contribution in [-0.4, -0.2) is 30.2 Å². The highest BCUT2D eigenvalue weighted by molar-refractivity contribution is 9.10. The van der Waals surface area contributed by atoms with Crippen LogP contribution in [0.25, 0.3) is 10.2 Å². The smallest absolute Gasteiger partial charge is 0.258 e. The van der Waals surface area contributed by atoms with Crippen LogP contribution in [0, 0.1) is 0 Å². The highest BCUT2D eigenvalue weighted by Gasteiger charge is 2.14. The second-order valence-electron chi connectivity index (χ2n) is 5.08. The predicted octanol–water partition coefficient (Wildman–Crippen LogP) is 4.20. The van der Waals surface area contributed by atoms with Gasteiger partial charge in [-0.1, -0.05) is 23.5 Å². The van der Waals surface area contributed by atoms with E-state index < -0.39 is 0 Å². The molecule has 0 bridgehead atoms. The summed E-state index contributed by atoms with van der Waals surface area (Å²) >= 11 is 9.95. The van der Waals surface area contributed by atoms with E-state index in [-0.39, 0.29) is 11.0 Å². The molecule has 1 heterocycles. The molecule has 134 valence electrons. The summed E-state index contributed by atoms with van der Waals surface area (Å²) in [5.41, 5.74) is 1.19. The van der Waals surface area contributed by atoms with Crippen molar-refractivity contribution < 1.29 is 14.3 Å². The summed E-state index contributed by atoms with van der Waals surface area (Å²) in [5.74, 6) is 0.969. The average molecular weight is 452 g/mol. The Morgan fingerprint density at radius 3 is 2.69 bits per heavy atom. The van der Waals surface area contributed by atoms with Crippen LogP contribution in [-0.2, 0) is 0 Å². The number of carbonyl (C=O) groups is 1. The molecule has 26 heavy (non-hydrogen) atoms. The summed E-state index contributed by atoms with van der Waals surface area (Å²) in [6.07, 6.45) is 0. The molecule has 2 N–H and O–H groups in total. The van der Waals surface area contributed by atoms with Gasteiger partial charge in [0.15, 0.2) is 10.2 Å². The zero-order valence-corrected chi connectivity index (χ0v) is 17.0. The Kier molecular flexibility index (Phi) is 5.70. The number of fused-ring (bicyclic) bond motifs is 1. The van der Waals surface area contributed by atoms with E-state index in [1.54, 1.807) is 38.5 Å². The lowest BCUT2D eigenvalue weighted by molar-refractivity contribution is 0.0977. The van der Waals surface area contributed by atoms with Crippen molar-refractivity contribution in [3.63, 3.8) is 0 Å². The Hall–Kier alpha value is -2.23. The quantitative estimate of drug-likeness (QED) is 0.579. The Balaban J connectivity index is 1.77. The lowest BCUT2D eigenvalue weighted by Crippen LogP contribution is -2.34. The van der Waals surface area contributed by atoms with Crippen LogP contribution >= 0.6 is 39.5 Å². The Bertz CT molecular complexity index is 991. The molecule has 0 saturated heterocycles. The molecule has 3 rings (SSSR count). The van der Waals surface area contributed by atoms with Gasteiger partial charge >= 0.3 is 0 Å². The van der Waals surface area contributed by atoms with E-state index in [4.69, 9.17) is 21.7 Å². The van der Waals surface area contributed by atoms with E-state index in [1.807, 2.05) is 12.1 Å². The number of anilines is 1. The summed E-state index contributed by atoms with van der Waals surface area (Å²) in [6, 6.07) is 10.7. The van der Waals surface area contributed by atoms with Crippen molar-refractivity contribution in [3.05, 3.63) is 46.4 Å². The van der Waals surface area contributed by atoms with Crippen LogP contribution in [0.15, 0.2) is 40.9 Å². The van der Waals surface area contributed by atoms with Gasteiger partial charge in [0, 0.05) is 10.5 Å². The van der Waals surface area contributed by atoms with E-state index in [0.717, 1.165) is 4.70 Å². The molecule has 0 atom stereocenters. The van der Waals surface area contributed by atoms with Crippen molar-refractivity contribution in [1.82, 2.24) is 10.3 Å². The standard InChI is InChI=1S/C17H14BrN3O3S2/c1-23-9-7-12(24-2)14-13(8-9)26-17(19-14)21-16(25)20-15(22)10-5-3-4-6-11(10)18/h3-8H,1-2H3,(H2,19,20,21,22,25). The molecular weight excluding hydrogens is 438 g/mol. The van der Waals surface area contributed by atoms with Crippen molar-refractivity contribution in [2.45, 2.75) is 0 Å². The van der Waals surface area contributed by atoms with Crippen LogP contribution in [0.5, 0.6) is 11.5 Å². The van der Waals surface area contributed by atoms with Gasteiger partial charge in [-0.2, -0.15) is 0 Å². The van der Waals surface area contributed by atoms with E-state index in [2.05, 4.69) is 31.5 Å². The maximum atomic E-state index is 12.3. The zero-order chi connectivity index (χ0) is 18.7. The number of methoxy groups -OCH3 is 2. The maximum absolute atomic E-state index is 12.3. The fourth-order valence-electron chi connectivity index (χ4n) is 2.25. The van der Waals surface area contributed by atoms with Crippen LogP contribution in [0.4, 0.5) is 5.13 Å². The van der Waals surface area contributed by atoms with Crippen LogP contribution in [0.1, 0.15) is 10.4 Å². The highest BCUT2D eigenvalue weighted by Crippen LogP contribution is 2.36. The predicted molar refractivity (Wildman–Crippen MR) is 111 cm³/mol. The summed E-state index contributed by atoms with van der Waals surface area (Å²) in [4.78, 5) is 16.8. The molecule has 0 unspecified atom stereocenters. The number of ether oxygens (including phenoxy) is 2. The Labute approximate surface area is 167 Å². The number of thiazole rings is 1. The van der Waals surface area contributed by atoms with E-state index >= 15 is 0 Å². The van der Waals surface area contributed by atoms with Crippen LogP contribution in [0.3, 0.4) is 0 Å². The molecule has 0 aliphatic carbocycles. The molecule has 0 radical (unpaired) electrons. The third-order valence-electron chi connectivity index (χ3n) is 3.46. The van der Waals surface area contributed by atoms with E-state index in [1.165, 1.54) is 11.3 Å². The lowest BCUT2D eigenvalue weighted by Gasteiger charge is -2.08. The zero-order valence-electron chi connectivity index (χ0n) is 13.8. The number of carbonyl (C=O) groups excluding carboxylic acids is 1. The number of nitrogens with one attached hydrogen (secondary N) is 2. The molecule has 1 aromatic heterocycles. The molecule has 0 saturated carbocycles. The average Bonchev–Trinajstić information content (AvgIpc) is 3.02. The molecule has 0 aliphatic rings. The number of halogens is 1.